The van der Waals surface area contributed by atoms with Crippen LogP contribution in [-0.2, 0) is 4.79 Å². The highest BCUT2D eigenvalue weighted by atomic mass is 19.3. The molecule has 0 bridgehead atoms. The van der Waals surface area contributed by atoms with Crippen molar-refractivity contribution in [3.8, 4) is 0 Å². The van der Waals surface area contributed by atoms with Crippen LogP contribution in [0.5, 0.6) is 0 Å². The second kappa shape index (κ2) is 4.88. The van der Waals surface area contributed by atoms with Gasteiger partial charge in [-0.15, -0.1) is 0 Å². The van der Waals surface area contributed by atoms with Gasteiger partial charge in [0.2, 0.25) is 11.8 Å². The highest BCUT2D eigenvalue weighted by Crippen LogP contribution is 2.36. The van der Waals surface area contributed by atoms with Crippen LogP contribution in [0.1, 0.15) is 25.7 Å². The van der Waals surface area contributed by atoms with Crippen LogP contribution >= 0.6 is 0 Å². The highest BCUT2D eigenvalue weighted by Gasteiger charge is 2.37. The molecular formula is C12H15F2N3O. The molecule has 18 heavy (non-hydrogen) atoms. The first-order valence-electron chi connectivity index (χ1n) is 5.86. The smallest absolute Gasteiger partial charge is 0.248 e. The van der Waals surface area contributed by atoms with Gasteiger partial charge in [0.05, 0.1) is 11.9 Å². The number of nitrogens with one attached hydrogen (secondary N) is 1. The molecule has 0 aliphatic heterocycles. The van der Waals surface area contributed by atoms with Crippen LogP contribution in [0.15, 0.2) is 18.3 Å². The fourth-order valence-corrected chi connectivity index (χ4v) is 2.03. The number of hydrogen-bond donors (Lipinski definition) is 2. The van der Waals surface area contributed by atoms with E-state index in [4.69, 9.17) is 5.73 Å². The van der Waals surface area contributed by atoms with E-state index in [0.717, 1.165) is 0 Å². The molecule has 0 atom stereocenters. The summed E-state index contributed by atoms with van der Waals surface area (Å²) in [6, 6.07) is 3.21. The molecule has 2 rings (SSSR count). The maximum Gasteiger partial charge on any atom is 0.248 e. The molecule has 0 radical (unpaired) electrons. The van der Waals surface area contributed by atoms with Gasteiger partial charge in [0, 0.05) is 18.8 Å². The molecular weight excluding hydrogens is 240 g/mol. The van der Waals surface area contributed by atoms with Crippen molar-refractivity contribution in [1.82, 2.24) is 4.98 Å². The van der Waals surface area contributed by atoms with Crippen LogP contribution in [0.2, 0.25) is 0 Å². The minimum atomic E-state index is -2.61. The van der Waals surface area contributed by atoms with Gasteiger partial charge in [0.15, 0.2) is 0 Å². The van der Waals surface area contributed by atoms with Gasteiger partial charge >= 0.3 is 0 Å². The first kappa shape index (κ1) is 12.7. The Labute approximate surface area is 104 Å². The zero-order valence-electron chi connectivity index (χ0n) is 9.83. The molecule has 1 heterocycles. The van der Waals surface area contributed by atoms with Crippen molar-refractivity contribution in [3.63, 3.8) is 0 Å². The minimum absolute atomic E-state index is 0.217. The SMILES string of the molecule is Nc1ccc(NC(=O)C2CCC(F)(F)CC2)cn1. The lowest BCUT2D eigenvalue weighted by Gasteiger charge is -2.27. The Bertz CT molecular complexity index is 423. The molecule has 0 unspecified atom stereocenters. The molecule has 1 saturated carbocycles. The van der Waals surface area contributed by atoms with Crippen molar-refractivity contribution in [2.45, 2.75) is 31.6 Å². The maximum absolute atomic E-state index is 13.0. The van der Waals surface area contributed by atoms with Gasteiger partial charge in [-0.1, -0.05) is 0 Å². The van der Waals surface area contributed by atoms with Crippen LogP contribution in [0.3, 0.4) is 0 Å². The Kier molecular flexibility index (Phi) is 3.45. The zero-order valence-corrected chi connectivity index (χ0v) is 9.83. The summed E-state index contributed by atoms with van der Waals surface area (Å²) in [6.45, 7) is 0. The van der Waals surface area contributed by atoms with Crippen LogP contribution in [-0.4, -0.2) is 16.8 Å². The highest BCUT2D eigenvalue weighted by molar-refractivity contribution is 5.92. The summed E-state index contributed by atoms with van der Waals surface area (Å²) in [5.74, 6) is -2.82. The van der Waals surface area contributed by atoms with E-state index in [1.54, 1.807) is 12.1 Å². The summed E-state index contributed by atoms with van der Waals surface area (Å²) in [4.78, 5) is 15.7. The number of nitrogens with two attached hydrogens (primary N) is 1. The number of alkyl halides is 2. The standard InChI is InChI=1S/C12H15F2N3O/c13-12(14)5-3-8(4-6-12)11(18)17-9-1-2-10(15)16-7-9/h1-2,7-8H,3-6H2,(H2,15,16)(H,17,18). The molecule has 3 N–H and O–H groups in total. The van der Waals surface area contributed by atoms with Gasteiger partial charge < -0.3 is 11.1 Å². The number of carbonyl (C=O) groups excluding carboxylic acids is 1. The van der Waals surface area contributed by atoms with Gasteiger partial charge in [0.1, 0.15) is 5.82 Å². The van der Waals surface area contributed by atoms with E-state index >= 15 is 0 Å². The van der Waals surface area contributed by atoms with Gasteiger partial charge in [-0.05, 0) is 25.0 Å². The molecule has 98 valence electrons. The molecule has 0 saturated heterocycles. The lowest BCUT2D eigenvalue weighted by molar-refractivity contribution is -0.124. The topological polar surface area (TPSA) is 68.0 Å². The Morgan fingerprint density at radius 1 is 1.39 bits per heavy atom. The van der Waals surface area contributed by atoms with Gasteiger partial charge in [-0.2, -0.15) is 0 Å². The molecule has 1 aromatic heterocycles. The number of anilines is 2. The van der Waals surface area contributed by atoms with Gasteiger partial charge in [-0.25, -0.2) is 13.8 Å². The first-order chi connectivity index (χ1) is 8.46. The van der Waals surface area contributed by atoms with Crippen molar-refractivity contribution in [2.75, 3.05) is 11.1 Å². The van der Waals surface area contributed by atoms with Gasteiger partial charge in [0.25, 0.3) is 0 Å². The first-order valence-corrected chi connectivity index (χ1v) is 5.86. The molecule has 0 aromatic carbocycles. The third-order valence-electron chi connectivity index (χ3n) is 3.14. The van der Waals surface area contributed by atoms with Crippen LogP contribution in [0, 0.1) is 5.92 Å². The van der Waals surface area contributed by atoms with Crippen LogP contribution in [0.4, 0.5) is 20.3 Å². The van der Waals surface area contributed by atoms with E-state index in [1.165, 1.54) is 6.20 Å². The number of carbonyl (C=O) groups is 1. The van der Waals surface area contributed by atoms with Crippen LogP contribution in [0.25, 0.3) is 0 Å². The molecule has 1 amide bonds. The quantitative estimate of drug-likeness (QED) is 0.852. The second-order valence-electron chi connectivity index (χ2n) is 4.59. The molecule has 1 aliphatic rings. The number of halogens is 2. The van der Waals surface area contributed by atoms with Gasteiger partial charge in [-0.3, -0.25) is 4.79 Å². The number of nitrogens with zero attached hydrogens (tertiary/aromatic N) is 1. The fourth-order valence-electron chi connectivity index (χ4n) is 2.03. The molecule has 4 nitrogen and oxygen atoms in total. The van der Waals surface area contributed by atoms with E-state index in [9.17, 15) is 13.6 Å². The zero-order chi connectivity index (χ0) is 13.2. The monoisotopic (exact) mass is 255 g/mol. The van der Waals surface area contributed by atoms with Crippen LogP contribution < -0.4 is 11.1 Å². The molecule has 1 aliphatic carbocycles. The summed E-state index contributed by atoms with van der Waals surface area (Å²) in [5, 5.41) is 2.66. The van der Waals surface area contributed by atoms with E-state index in [0.29, 0.717) is 11.5 Å². The summed E-state index contributed by atoms with van der Waals surface area (Å²) < 4.78 is 25.9. The second-order valence-corrected chi connectivity index (χ2v) is 4.59. The lowest BCUT2D eigenvalue weighted by atomic mass is 9.86. The number of aromatic nitrogens is 1. The lowest BCUT2D eigenvalue weighted by Crippen LogP contribution is -2.31. The third-order valence-corrected chi connectivity index (χ3v) is 3.14. The number of rotatable bonds is 2. The van der Waals surface area contributed by atoms with E-state index in [-0.39, 0.29) is 37.5 Å². The van der Waals surface area contributed by atoms with Crippen molar-refractivity contribution >= 4 is 17.4 Å². The maximum atomic E-state index is 13.0. The number of pyridine rings is 1. The molecule has 6 heteroatoms. The molecule has 0 spiro atoms. The Morgan fingerprint density at radius 2 is 2.06 bits per heavy atom. The summed E-state index contributed by atoms with van der Waals surface area (Å²) >= 11 is 0. The number of hydrogen-bond acceptors (Lipinski definition) is 3. The van der Waals surface area contributed by atoms with Crippen molar-refractivity contribution < 1.29 is 13.6 Å². The molecule has 1 aromatic rings. The van der Waals surface area contributed by atoms with Crippen molar-refractivity contribution in [2.24, 2.45) is 5.92 Å². The number of amides is 1. The summed E-state index contributed by atoms with van der Waals surface area (Å²) in [7, 11) is 0. The van der Waals surface area contributed by atoms with Crippen molar-refractivity contribution in [1.29, 1.82) is 0 Å². The number of nitrogen functional groups attached to an aromatic ring is 1. The van der Waals surface area contributed by atoms with Crippen molar-refractivity contribution in [3.05, 3.63) is 18.3 Å². The van der Waals surface area contributed by atoms with E-state index in [1.807, 2.05) is 0 Å². The fraction of sp³-hybridized carbons (Fsp3) is 0.500. The Balaban J connectivity index is 1.91. The van der Waals surface area contributed by atoms with E-state index in [2.05, 4.69) is 10.3 Å². The minimum Gasteiger partial charge on any atom is -0.384 e. The summed E-state index contributed by atoms with van der Waals surface area (Å²) in [6.07, 6.45) is 1.46. The largest absolute Gasteiger partial charge is 0.384 e. The average Bonchev–Trinajstić information content (AvgIpc) is 2.32. The normalized spacial score (nSPS) is 19.4. The predicted octanol–water partition coefficient (Wildman–Crippen LogP) is 2.43. The summed E-state index contributed by atoms with van der Waals surface area (Å²) in [5.41, 5.74) is 5.96. The Hall–Kier alpha value is -1.72. The predicted molar refractivity (Wildman–Crippen MR) is 64.2 cm³/mol. The van der Waals surface area contributed by atoms with E-state index < -0.39 is 5.92 Å². The Morgan fingerprint density at radius 3 is 2.61 bits per heavy atom. The molecule has 1 fully saturated rings. The average molecular weight is 255 g/mol. The third kappa shape index (κ3) is 3.15.